The van der Waals surface area contributed by atoms with Crippen LogP contribution in [-0.4, -0.2) is 52.3 Å². The Balaban J connectivity index is 0.000000470. The van der Waals surface area contributed by atoms with Crippen LogP contribution in [0.3, 0.4) is 0 Å². The van der Waals surface area contributed by atoms with E-state index in [0.29, 0.717) is 19.3 Å². The van der Waals surface area contributed by atoms with Gasteiger partial charge in [-0.2, -0.15) is 0 Å². The maximum Gasteiger partial charge on any atom is 0.326 e. The number of rotatable bonds is 7. The van der Waals surface area contributed by atoms with E-state index in [9.17, 15) is 19.2 Å². The Hall–Kier alpha value is -2.71. The summed E-state index contributed by atoms with van der Waals surface area (Å²) in [7, 11) is 0. The molecule has 0 bridgehead atoms. The number of carboxylic acids is 2. The molecule has 1 heterocycles. The molecule has 0 saturated heterocycles. The minimum Gasteiger partial charge on any atom is -0.480 e. The predicted octanol–water partition coefficient (Wildman–Crippen LogP) is 0.310. The van der Waals surface area contributed by atoms with Crippen LogP contribution >= 0.6 is 0 Å². The lowest BCUT2D eigenvalue weighted by Crippen LogP contribution is -2.39. The van der Waals surface area contributed by atoms with Gasteiger partial charge in [0.05, 0.1) is 0 Å². The van der Waals surface area contributed by atoms with Crippen LogP contribution in [0.15, 0.2) is 16.8 Å². The van der Waals surface area contributed by atoms with Crippen molar-refractivity contribution in [2.45, 2.75) is 52.1 Å². The first-order chi connectivity index (χ1) is 11.2. The van der Waals surface area contributed by atoms with Gasteiger partial charge in [-0.25, -0.2) is 9.59 Å². The standard InChI is InChI=1S/C9H12N2O3.C6H11NO3/c1-6(12)11-8(9(13)14)4-7-2-3-10-5-7;1-3-5(6(9)10)7-4(2)8/h3,5,8H,2,4H2,1H3,(H,11,12)(H,13,14);5H,3H2,1-2H3,(H,7,8)(H,9,10). The number of nitrogens with one attached hydrogen (secondary N) is 2. The molecule has 2 amide bonds. The molecule has 1 rings (SSSR count). The second-order valence-corrected chi connectivity index (χ2v) is 5.12. The predicted molar refractivity (Wildman–Crippen MR) is 86.6 cm³/mol. The van der Waals surface area contributed by atoms with Crippen molar-refractivity contribution in [3.8, 4) is 0 Å². The summed E-state index contributed by atoms with van der Waals surface area (Å²) in [6.45, 7) is 4.30. The molecule has 1 aliphatic heterocycles. The van der Waals surface area contributed by atoms with Crippen LogP contribution in [0.5, 0.6) is 0 Å². The Kier molecular flexibility index (Phi) is 9.69. The molecule has 0 saturated carbocycles. The summed E-state index contributed by atoms with van der Waals surface area (Å²) in [5.74, 6) is -2.66. The number of hydrogen-bond acceptors (Lipinski definition) is 5. The number of aliphatic carboxylic acids is 2. The van der Waals surface area contributed by atoms with Crippen molar-refractivity contribution in [2.24, 2.45) is 4.99 Å². The lowest BCUT2D eigenvalue weighted by molar-refractivity contribution is -0.142. The molecule has 0 fully saturated rings. The zero-order chi connectivity index (χ0) is 18.7. The maximum atomic E-state index is 10.7. The quantitative estimate of drug-likeness (QED) is 0.524. The number of amides is 2. The fourth-order valence-electron chi connectivity index (χ4n) is 1.81. The molecule has 0 aromatic carbocycles. The second-order valence-electron chi connectivity index (χ2n) is 5.12. The average molecular weight is 341 g/mol. The number of carboxylic acid groups (broad SMARTS) is 2. The molecular weight excluding hydrogens is 318 g/mol. The van der Waals surface area contributed by atoms with Crippen LogP contribution in [0.4, 0.5) is 0 Å². The fraction of sp³-hybridized carbons (Fsp3) is 0.533. The van der Waals surface area contributed by atoms with Crippen molar-refractivity contribution in [3.05, 3.63) is 11.8 Å². The van der Waals surface area contributed by atoms with Crippen LogP contribution in [-0.2, 0) is 19.2 Å². The van der Waals surface area contributed by atoms with E-state index in [2.05, 4.69) is 15.6 Å². The summed E-state index contributed by atoms with van der Waals surface area (Å²) in [5.41, 5.74) is 0.922. The highest BCUT2D eigenvalue weighted by Crippen LogP contribution is 2.13. The molecule has 0 aromatic rings. The summed E-state index contributed by atoms with van der Waals surface area (Å²) in [4.78, 5) is 45.9. The number of hydrogen-bond donors (Lipinski definition) is 4. The Labute approximate surface area is 139 Å². The van der Waals surface area contributed by atoms with E-state index >= 15 is 0 Å². The molecule has 0 aliphatic carbocycles. The van der Waals surface area contributed by atoms with Crippen molar-refractivity contribution >= 4 is 30.0 Å². The van der Waals surface area contributed by atoms with Crippen molar-refractivity contribution in [1.29, 1.82) is 0 Å². The van der Waals surface area contributed by atoms with Gasteiger partial charge in [-0.15, -0.1) is 0 Å². The number of nitrogens with zero attached hydrogens (tertiary/aromatic N) is 1. The number of aliphatic imine (C=N–C) groups is 1. The molecule has 9 nitrogen and oxygen atoms in total. The van der Waals surface area contributed by atoms with E-state index in [4.69, 9.17) is 10.2 Å². The van der Waals surface area contributed by atoms with Gasteiger partial charge in [0.15, 0.2) is 0 Å². The minimum atomic E-state index is -1.02. The van der Waals surface area contributed by atoms with E-state index in [-0.39, 0.29) is 11.8 Å². The zero-order valence-corrected chi connectivity index (χ0v) is 13.9. The first-order valence-corrected chi connectivity index (χ1v) is 7.36. The summed E-state index contributed by atoms with van der Waals surface area (Å²) in [6.07, 6.45) is 4.74. The molecule has 9 heteroatoms. The van der Waals surface area contributed by atoms with E-state index in [1.54, 1.807) is 19.3 Å². The molecular formula is C15H23N3O6. The lowest BCUT2D eigenvalue weighted by Gasteiger charge is -2.12. The van der Waals surface area contributed by atoms with E-state index in [0.717, 1.165) is 5.57 Å². The molecule has 4 N–H and O–H groups in total. The highest BCUT2D eigenvalue weighted by molar-refractivity contribution is 5.83. The average Bonchev–Trinajstić information content (AvgIpc) is 2.96. The van der Waals surface area contributed by atoms with Crippen molar-refractivity contribution < 1.29 is 29.4 Å². The van der Waals surface area contributed by atoms with E-state index < -0.39 is 24.0 Å². The number of carbonyl (C=O) groups excluding carboxylic acids is 2. The third kappa shape index (κ3) is 9.34. The van der Waals surface area contributed by atoms with Crippen molar-refractivity contribution in [2.75, 3.05) is 0 Å². The Morgan fingerprint density at radius 3 is 1.88 bits per heavy atom. The van der Waals surface area contributed by atoms with Gasteiger partial charge in [0.25, 0.3) is 0 Å². The minimum absolute atomic E-state index is 0.311. The Morgan fingerprint density at radius 2 is 1.58 bits per heavy atom. The highest BCUT2D eigenvalue weighted by atomic mass is 16.4. The first kappa shape index (κ1) is 21.3. The van der Waals surface area contributed by atoms with Gasteiger partial charge >= 0.3 is 11.9 Å². The first-order valence-electron chi connectivity index (χ1n) is 7.36. The Bertz CT molecular complexity index is 541. The molecule has 1 aliphatic rings. The lowest BCUT2D eigenvalue weighted by atomic mass is 10.1. The smallest absolute Gasteiger partial charge is 0.326 e. The van der Waals surface area contributed by atoms with Crippen LogP contribution < -0.4 is 10.6 Å². The molecule has 0 spiro atoms. The fourth-order valence-corrected chi connectivity index (χ4v) is 1.81. The Morgan fingerprint density at radius 1 is 1.08 bits per heavy atom. The molecule has 2 atom stereocenters. The molecule has 24 heavy (non-hydrogen) atoms. The third-order valence-electron chi connectivity index (χ3n) is 2.94. The van der Waals surface area contributed by atoms with Gasteiger partial charge in [0, 0.05) is 39.1 Å². The summed E-state index contributed by atoms with van der Waals surface area (Å²) >= 11 is 0. The molecule has 0 aromatic heterocycles. The van der Waals surface area contributed by atoms with Gasteiger partial charge < -0.3 is 20.8 Å². The summed E-state index contributed by atoms with van der Waals surface area (Å²) in [5, 5.41) is 21.9. The second kappa shape index (κ2) is 10.9. The van der Waals surface area contributed by atoms with E-state index in [1.165, 1.54) is 13.8 Å². The highest BCUT2D eigenvalue weighted by Gasteiger charge is 2.20. The topological polar surface area (TPSA) is 145 Å². The molecule has 0 radical (unpaired) electrons. The maximum absolute atomic E-state index is 10.7. The van der Waals surface area contributed by atoms with Crippen molar-refractivity contribution in [1.82, 2.24) is 10.6 Å². The van der Waals surface area contributed by atoms with Gasteiger partial charge in [-0.3, -0.25) is 14.6 Å². The SMILES string of the molecule is CC(=O)NC(CC1=CN=CC1)C(=O)O.CCC(NC(C)=O)C(=O)O. The normalized spacial score (nSPS) is 14.5. The summed E-state index contributed by atoms with van der Waals surface area (Å²) in [6, 6.07) is -1.59. The van der Waals surface area contributed by atoms with Gasteiger partial charge in [-0.05, 0) is 12.0 Å². The van der Waals surface area contributed by atoms with Crippen LogP contribution in [0.1, 0.15) is 40.0 Å². The van der Waals surface area contributed by atoms with Crippen LogP contribution in [0.25, 0.3) is 0 Å². The molecule has 134 valence electrons. The van der Waals surface area contributed by atoms with Gasteiger partial charge in [-0.1, -0.05) is 6.92 Å². The number of carbonyl (C=O) groups is 4. The van der Waals surface area contributed by atoms with Crippen molar-refractivity contribution in [3.63, 3.8) is 0 Å². The largest absolute Gasteiger partial charge is 0.480 e. The van der Waals surface area contributed by atoms with E-state index in [1.807, 2.05) is 0 Å². The molecule has 2 unspecified atom stereocenters. The van der Waals surface area contributed by atoms with Gasteiger partial charge in [0.2, 0.25) is 11.8 Å². The summed E-state index contributed by atoms with van der Waals surface area (Å²) < 4.78 is 0. The van der Waals surface area contributed by atoms with Crippen LogP contribution in [0, 0.1) is 0 Å². The zero-order valence-electron chi connectivity index (χ0n) is 13.9. The van der Waals surface area contributed by atoms with Crippen LogP contribution in [0.2, 0.25) is 0 Å². The van der Waals surface area contributed by atoms with Gasteiger partial charge in [0.1, 0.15) is 12.1 Å². The third-order valence-corrected chi connectivity index (χ3v) is 2.94. The monoisotopic (exact) mass is 341 g/mol.